The molecule has 1 N–H and O–H groups in total. The zero-order valence-electron chi connectivity index (χ0n) is 19.6. The van der Waals surface area contributed by atoms with Gasteiger partial charge in [0.05, 0.1) is 18.2 Å². The first-order valence-electron chi connectivity index (χ1n) is 11.4. The first-order valence-corrected chi connectivity index (χ1v) is 11.4. The predicted molar refractivity (Wildman–Crippen MR) is 138 cm³/mol. The minimum absolute atomic E-state index is 0.289. The fraction of sp³-hybridized carbons (Fsp3) is 0.103. The lowest BCUT2D eigenvalue weighted by Crippen LogP contribution is -2.33. The molecule has 1 aromatic heterocycles. The Hall–Kier alpha value is -4.78. The Morgan fingerprint density at radius 1 is 0.722 bits per heavy atom. The number of aromatic nitrogens is 2. The van der Waals surface area contributed by atoms with Gasteiger partial charge in [-0.25, -0.2) is 9.36 Å². The van der Waals surface area contributed by atoms with Crippen LogP contribution in [0.2, 0.25) is 0 Å². The molecule has 0 unspecified atom stereocenters. The first-order chi connectivity index (χ1) is 17.6. The summed E-state index contributed by atoms with van der Waals surface area (Å²) >= 11 is 0. The van der Waals surface area contributed by atoms with E-state index in [1.165, 1.54) is 7.11 Å². The summed E-state index contributed by atoms with van der Waals surface area (Å²) in [5.74, 6) is 1.37. The molecule has 36 heavy (non-hydrogen) atoms. The maximum absolute atomic E-state index is 13.3. The van der Waals surface area contributed by atoms with Crippen molar-refractivity contribution in [2.75, 3.05) is 7.11 Å². The Kier molecular flexibility index (Phi) is 6.53. The van der Waals surface area contributed by atoms with Crippen molar-refractivity contribution < 1.29 is 14.2 Å². The monoisotopic (exact) mass is 480 g/mol. The van der Waals surface area contributed by atoms with Crippen LogP contribution in [-0.2, 0) is 13.2 Å². The molecule has 4 aromatic carbocycles. The third-order valence-electron chi connectivity index (χ3n) is 5.77. The highest BCUT2D eigenvalue weighted by atomic mass is 16.5. The van der Waals surface area contributed by atoms with Crippen LogP contribution in [0.5, 0.6) is 17.2 Å². The Labute approximate surface area is 207 Å². The van der Waals surface area contributed by atoms with Crippen LogP contribution >= 0.6 is 0 Å². The number of nitrogens with zero attached hydrogens (tertiary/aromatic N) is 1. The summed E-state index contributed by atoms with van der Waals surface area (Å²) in [5, 5.41) is 0.308. The molecule has 5 rings (SSSR count). The number of ether oxygens (including phenoxy) is 3. The molecule has 0 aliphatic heterocycles. The molecule has 0 bridgehead atoms. The maximum atomic E-state index is 13.3. The van der Waals surface area contributed by atoms with Crippen molar-refractivity contribution in [3.8, 4) is 22.9 Å². The number of hydrogen-bond donors (Lipinski definition) is 1. The van der Waals surface area contributed by atoms with Gasteiger partial charge in [0.25, 0.3) is 5.56 Å². The Morgan fingerprint density at radius 3 is 1.94 bits per heavy atom. The lowest BCUT2D eigenvalue weighted by Gasteiger charge is -2.14. The predicted octanol–water partition coefficient (Wildman–Crippen LogP) is 4.85. The summed E-state index contributed by atoms with van der Waals surface area (Å²) in [7, 11) is 1.47. The second-order valence-corrected chi connectivity index (χ2v) is 8.13. The molecular weight excluding hydrogens is 456 g/mol. The molecule has 0 amide bonds. The Morgan fingerprint density at radius 2 is 1.33 bits per heavy atom. The van der Waals surface area contributed by atoms with Crippen LogP contribution < -0.4 is 25.5 Å². The van der Waals surface area contributed by atoms with Gasteiger partial charge in [-0.05, 0) is 47.5 Å². The van der Waals surface area contributed by atoms with E-state index < -0.39 is 11.2 Å². The van der Waals surface area contributed by atoms with E-state index in [4.69, 9.17) is 14.2 Å². The van der Waals surface area contributed by atoms with Gasteiger partial charge in [-0.1, -0.05) is 60.7 Å². The average Bonchev–Trinajstić information content (AvgIpc) is 2.92. The van der Waals surface area contributed by atoms with Crippen LogP contribution in [0.3, 0.4) is 0 Å². The van der Waals surface area contributed by atoms with Crippen molar-refractivity contribution in [3.63, 3.8) is 0 Å². The zero-order valence-corrected chi connectivity index (χ0v) is 19.6. The molecule has 0 radical (unpaired) electrons. The third kappa shape index (κ3) is 4.72. The SMILES string of the molecule is COc1c(OCc2ccccc2)ccc2c(=O)n(-c3ccc(OCc4ccccc4)cc3)c(=O)[nH]c12. The summed E-state index contributed by atoms with van der Waals surface area (Å²) in [6, 6.07) is 29.6. The van der Waals surface area contributed by atoms with Gasteiger partial charge < -0.3 is 19.2 Å². The first kappa shape index (κ1) is 23.0. The minimum atomic E-state index is -0.580. The van der Waals surface area contributed by atoms with Gasteiger partial charge in [0.1, 0.15) is 24.5 Å². The van der Waals surface area contributed by atoms with Crippen molar-refractivity contribution in [2.24, 2.45) is 0 Å². The molecule has 0 saturated carbocycles. The van der Waals surface area contributed by atoms with Gasteiger partial charge in [0, 0.05) is 0 Å². The van der Waals surface area contributed by atoms with Gasteiger partial charge in [-0.2, -0.15) is 0 Å². The van der Waals surface area contributed by atoms with Crippen molar-refractivity contribution in [3.05, 3.63) is 129 Å². The summed E-state index contributed by atoms with van der Waals surface area (Å²) < 4.78 is 18.3. The van der Waals surface area contributed by atoms with Gasteiger partial charge in [0.15, 0.2) is 11.5 Å². The number of nitrogens with one attached hydrogen (secondary N) is 1. The number of rotatable bonds is 8. The van der Waals surface area contributed by atoms with E-state index in [-0.39, 0.29) is 5.52 Å². The molecular formula is C29H24N2O5. The van der Waals surface area contributed by atoms with E-state index in [2.05, 4.69) is 4.98 Å². The van der Waals surface area contributed by atoms with Crippen LogP contribution in [0.4, 0.5) is 0 Å². The van der Waals surface area contributed by atoms with Gasteiger partial charge in [-0.3, -0.25) is 4.79 Å². The number of benzene rings is 4. The maximum Gasteiger partial charge on any atom is 0.333 e. The lowest BCUT2D eigenvalue weighted by atomic mass is 10.2. The van der Waals surface area contributed by atoms with E-state index in [0.29, 0.717) is 41.5 Å². The second-order valence-electron chi connectivity index (χ2n) is 8.13. The van der Waals surface area contributed by atoms with E-state index in [0.717, 1.165) is 15.7 Å². The van der Waals surface area contributed by atoms with Crippen LogP contribution in [0.1, 0.15) is 11.1 Å². The van der Waals surface area contributed by atoms with Crippen molar-refractivity contribution >= 4 is 10.9 Å². The number of H-pyrrole nitrogens is 1. The van der Waals surface area contributed by atoms with E-state index >= 15 is 0 Å². The molecule has 180 valence electrons. The Balaban J connectivity index is 1.43. The molecule has 0 spiro atoms. The smallest absolute Gasteiger partial charge is 0.333 e. The molecule has 5 aromatic rings. The van der Waals surface area contributed by atoms with Crippen LogP contribution in [-0.4, -0.2) is 16.7 Å². The molecule has 0 atom stereocenters. The van der Waals surface area contributed by atoms with Gasteiger partial charge in [0.2, 0.25) is 0 Å². The summed E-state index contributed by atoms with van der Waals surface area (Å²) in [4.78, 5) is 29.1. The molecule has 0 fully saturated rings. The molecule has 7 heteroatoms. The van der Waals surface area contributed by atoms with E-state index in [1.807, 2.05) is 60.7 Å². The van der Waals surface area contributed by atoms with Gasteiger partial charge >= 0.3 is 5.69 Å². The number of methoxy groups -OCH3 is 1. The summed E-state index contributed by atoms with van der Waals surface area (Å²) in [5.41, 5.74) is 1.71. The Bertz CT molecular complexity index is 1590. The highest BCUT2D eigenvalue weighted by Gasteiger charge is 2.17. The molecule has 0 saturated heterocycles. The topological polar surface area (TPSA) is 82.5 Å². The van der Waals surface area contributed by atoms with Crippen molar-refractivity contribution in [1.82, 2.24) is 9.55 Å². The van der Waals surface area contributed by atoms with E-state index in [9.17, 15) is 9.59 Å². The molecule has 1 heterocycles. The van der Waals surface area contributed by atoms with Crippen LogP contribution in [0.25, 0.3) is 16.6 Å². The standard InChI is InChI=1S/C29H24N2O5/c1-34-27-25(36-19-21-10-6-3-7-11-21)17-16-24-26(27)30-29(33)31(28(24)32)22-12-14-23(15-13-22)35-18-20-8-4-2-5-9-20/h2-17H,18-19H2,1H3,(H,30,33). The zero-order chi connectivity index (χ0) is 24.9. The molecule has 7 nitrogen and oxygen atoms in total. The van der Waals surface area contributed by atoms with Crippen LogP contribution in [0.15, 0.2) is 107 Å². The second kappa shape index (κ2) is 10.2. The highest BCUT2D eigenvalue weighted by Crippen LogP contribution is 2.33. The number of hydrogen-bond acceptors (Lipinski definition) is 5. The van der Waals surface area contributed by atoms with E-state index in [1.54, 1.807) is 36.4 Å². The third-order valence-corrected chi connectivity index (χ3v) is 5.77. The summed E-state index contributed by atoms with van der Waals surface area (Å²) in [6.45, 7) is 0.744. The normalized spacial score (nSPS) is 10.8. The largest absolute Gasteiger partial charge is 0.491 e. The fourth-order valence-corrected chi connectivity index (χ4v) is 3.96. The highest BCUT2D eigenvalue weighted by molar-refractivity contribution is 5.86. The minimum Gasteiger partial charge on any atom is -0.491 e. The van der Waals surface area contributed by atoms with Gasteiger partial charge in [-0.15, -0.1) is 0 Å². The molecule has 0 aliphatic carbocycles. The van der Waals surface area contributed by atoms with Crippen molar-refractivity contribution in [1.29, 1.82) is 0 Å². The number of aromatic amines is 1. The van der Waals surface area contributed by atoms with Crippen LogP contribution in [0, 0.1) is 0 Å². The lowest BCUT2D eigenvalue weighted by molar-refractivity contribution is 0.286. The summed E-state index contributed by atoms with van der Waals surface area (Å²) in [6.07, 6.45) is 0. The quantitative estimate of drug-likeness (QED) is 0.344. The van der Waals surface area contributed by atoms with Crippen molar-refractivity contribution in [2.45, 2.75) is 13.2 Å². The average molecular weight is 481 g/mol. The number of fused-ring (bicyclic) bond motifs is 1. The molecule has 0 aliphatic rings. The fourth-order valence-electron chi connectivity index (χ4n) is 3.96.